The van der Waals surface area contributed by atoms with Crippen molar-refractivity contribution < 1.29 is 14.1 Å². The topological polar surface area (TPSA) is 163 Å². The molecule has 0 amide bonds. The number of allylic oxidation sites excluding steroid dienone is 3. The minimum atomic E-state index is -1.06. The summed E-state index contributed by atoms with van der Waals surface area (Å²) in [7, 11) is 0. The van der Waals surface area contributed by atoms with Crippen LogP contribution in [0, 0.1) is 27.3 Å². The van der Waals surface area contributed by atoms with Gasteiger partial charge in [0.1, 0.15) is 11.6 Å². The number of aromatic amines is 1. The molecule has 0 fully saturated rings. The van der Waals surface area contributed by atoms with E-state index < -0.39 is 16.4 Å². The molecule has 1 aromatic carbocycles. The van der Waals surface area contributed by atoms with Gasteiger partial charge in [0.25, 0.3) is 0 Å². The van der Waals surface area contributed by atoms with Crippen molar-refractivity contribution in [2.75, 3.05) is 10.6 Å². The number of aromatic nitrogens is 4. The first-order valence-electron chi connectivity index (χ1n) is 7.36. The number of carbonyl (C=O) groups is 1. The molecule has 0 saturated carbocycles. The van der Waals surface area contributed by atoms with Crippen molar-refractivity contribution in [3.63, 3.8) is 0 Å². The van der Waals surface area contributed by atoms with Crippen molar-refractivity contribution in [1.29, 1.82) is 5.26 Å². The molecule has 2 aromatic rings. The lowest BCUT2D eigenvalue weighted by atomic mass is 10.2. The second-order valence-electron chi connectivity index (χ2n) is 5.22. The molecule has 0 aliphatic heterocycles. The molecule has 0 aliphatic rings. The van der Waals surface area contributed by atoms with E-state index in [1.54, 1.807) is 6.92 Å². The van der Waals surface area contributed by atoms with Gasteiger partial charge < -0.3 is 10.6 Å². The standard InChI is InChI=1S/C15H13FN8O3/c1-8(3-9(2)25)19-13-4-11(16)14(24(26)27)5-12(13)18-7-10(6-17)15-20-22-23-21-15/h3-5,7,18-19H,1-2H3,(H,20,21,22,23). The van der Waals surface area contributed by atoms with E-state index in [2.05, 4.69) is 31.3 Å². The number of ketones is 1. The number of rotatable bonds is 7. The fourth-order valence-electron chi connectivity index (χ4n) is 2.05. The van der Waals surface area contributed by atoms with E-state index in [-0.39, 0.29) is 28.6 Å². The van der Waals surface area contributed by atoms with E-state index in [0.29, 0.717) is 5.70 Å². The lowest BCUT2D eigenvalue weighted by Crippen LogP contribution is -2.04. The molecule has 27 heavy (non-hydrogen) atoms. The predicted octanol–water partition coefficient (Wildman–Crippen LogP) is 2.13. The van der Waals surface area contributed by atoms with Crippen LogP contribution in [0.15, 0.2) is 30.1 Å². The number of nitrogens with zero attached hydrogens (tertiary/aromatic N) is 5. The second kappa shape index (κ2) is 8.30. The molecule has 3 N–H and O–H groups in total. The number of carbonyl (C=O) groups excluding carboxylic acids is 1. The molecule has 0 saturated heterocycles. The van der Waals surface area contributed by atoms with Gasteiger partial charge in [-0.3, -0.25) is 14.9 Å². The molecule has 12 heteroatoms. The Morgan fingerprint density at radius 1 is 1.41 bits per heavy atom. The van der Waals surface area contributed by atoms with Crippen LogP contribution in [0.4, 0.5) is 21.5 Å². The summed E-state index contributed by atoms with van der Waals surface area (Å²) in [5.41, 5.74) is -0.174. The van der Waals surface area contributed by atoms with E-state index in [0.717, 1.165) is 12.1 Å². The molecule has 0 bridgehead atoms. The zero-order chi connectivity index (χ0) is 20.0. The van der Waals surface area contributed by atoms with Crippen molar-refractivity contribution in [1.82, 2.24) is 20.6 Å². The average Bonchev–Trinajstić information content (AvgIpc) is 3.10. The molecule has 1 aromatic heterocycles. The van der Waals surface area contributed by atoms with Crippen molar-refractivity contribution >= 4 is 28.4 Å². The fraction of sp³-hybridized carbons (Fsp3) is 0.133. The van der Waals surface area contributed by atoms with Crippen LogP contribution in [0.25, 0.3) is 5.57 Å². The highest BCUT2D eigenvalue weighted by molar-refractivity contribution is 5.89. The Morgan fingerprint density at radius 2 is 2.15 bits per heavy atom. The minimum Gasteiger partial charge on any atom is -0.358 e. The first kappa shape index (κ1) is 19.2. The van der Waals surface area contributed by atoms with Gasteiger partial charge in [0.2, 0.25) is 11.6 Å². The number of tetrazole rings is 1. The van der Waals surface area contributed by atoms with Crippen LogP contribution in [-0.2, 0) is 4.79 Å². The highest BCUT2D eigenvalue weighted by atomic mass is 19.1. The molecule has 0 unspecified atom stereocenters. The van der Waals surface area contributed by atoms with Gasteiger partial charge in [-0.1, -0.05) is 0 Å². The molecule has 0 radical (unpaired) electrons. The number of hydrogen-bond donors (Lipinski definition) is 3. The number of nitrogens with one attached hydrogen (secondary N) is 3. The fourth-order valence-corrected chi connectivity index (χ4v) is 2.05. The van der Waals surface area contributed by atoms with Crippen LogP contribution in [-0.4, -0.2) is 31.3 Å². The van der Waals surface area contributed by atoms with Gasteiger partial charge in [0, 0.05) is 24.0 Å². The lowest BCUT2D eigenvalue weighted by Gasteiger charge is -2.13. The molecule has 2 rings (SSSR count). The Labute approximate surface area is 151 Å². The van der Waals surface area contributed by atoms with Crippen molar-refractivity contribution in [2.45, 2.75) is 13.8 Å². The van der Waals surface area contributed by atoms with Crippen LogP contribution >= 0.6 is 0 Å². The number of hydrogen-bond acceptors (Lipinski definition) is 9. The molecular formula is C15H13FN8O3. The van der Waals surface area contributed by atoms with Gasteiger partial charge >= 0.3 is 5.69 Å². The molecular weight excluding hydrogens is 359 g/mol. The minimum absolute atomic E-state index is 0.00350. The molecule has 138 valence electrons. The zero-order valence-corrected chi connectivity index (χ0v) is 14.1. The van der Waals surface area contributed by atoms with Crippen molar-refractivity contribution in [3.8, 4) is 6.07 Å². The normalized spacial score (nSPS) is 11.6. The third kappa shape index (κ3) is 4.92. The van der Waals surface area contributed by atoms with E-state index >= 15 is 0 Å². The highest BCUT2D eigenvalue weighted by Gasteiger charge is 2.18. The number of nitriles is 1. The van der Waals surface area contributed by atoms with E-state index in [1.807, 2.05) is 6.07 Å². The summed E-state index contributed by atoms with van der Waals surface area (Å²) in [6.07, 6.45) is 2.47. The van der Waals surface area contributed by atoms with Gasteiger partial charge in [0.15, 0.2) is 5.78 Å². The second-order valence-corrected chi connectivity index (χ2v) is 5.22. The van der Waals surface area contributed by atoms with Crippen LogP contribution in [0.2, 0.25) is 0 Å². The molecule has 11 nitrogen and oxygen atoms in total. The van der Waals surface area contributed by atoms with E-state index in [4.69, 9.17) is 5.26 Å². The monoisotopic (exact) mass is 372 g/mol. The maximum absolute atomic E-state index is 14.0. The molecule has 0 aliphatic carbocycles. The number of H-pyrrole nitrogens is 1. The Balaban J connectivity index is 2.45. The van der Waals surface area contributed by atoms with Crippen LogP contribution in [0.3, 0.4) is 0 Å². The number of benzene rings is 1. The summed E-state index contributed by atoms with van der Waals surface area (Å²) in [6.45, 7) is 2.91. The Kier molecular flexibility index (Phi) is 5.90. The van der Waals surface area contributed by atoms with Crippen molar-refractivity contribution in [2.24, 2.45) is 0 Å². The smallest absolute Gasteiger partial charge is 0.307 e. The maximum atomic E-state index is 14.0. The summed E-state index contributed by atoms with van der Waals surface area (Å²) in [5, 5.41) is 38.5. The van der Waals surface area contributed by atoms with Crippen LogP contribution < -0.4 is 10.6 Å². The maximum Gasteiger partial charge on any atom is 0.307 e. The predicted molar refractivity (Wildman–Crippen MR) is 92.5 cm³/mol. The first-order chi connectivity index (χ1) is 12.8. The average molecular weight is 372 g/mol. The summed E-state index contributed by atoms with van der Waals surface area (Å²) < 4.78 is 14.0. The summed E-state index contributed by atoms with van der Waals surface area (Å²) in [4.78, 5) is 21.3. The van der Waals surface area contributed by atoms with Crippen LogP contribution in [0.1, 0.15) is 19.7 Å². The van der Waals surface area contributed by atoms with E-state index in [1.165, 1.54) is 19.2 Å². The van der Waals surface area contributed by atoms with Crippen molar-refractivity contribution in [3.05, 3.63) is 51.9 Å². The van der Waals surface area contributed by atoms with Gasteiger partial charge in [-0.2, -0.15) is 14.9 Å². The van der Waals surface area contributed by atoms with Gasteiger partial charge in [-0.15, -0.1) is 10.2 Å². The zero-order valence-electron chi connectivity index (χ0n) is 14.1. The summed E-state index contributed by atoms with van der Waals surface area (Å²) in [6, 6.07) is 3.71. The lowest BCUT2D eigenvalue weighted by molar-refractivity contribution is -0.387. The van der Waals surface area contributed by atoms with Crippen LogP contribution in [0.5, 0.6) is 0 Å². The van der Waals surface area contributed by atoms with Gasteiger partial charge in [-0.25, -0.2) is 0 Å². The molecule has 1 heterocycles. The largest absolute Gasteiger partial charge is 0.358 e. The molecule has 0 spiro atoms. The number of anilines is 2. The summed E-state index contributed by atoms with van der Waals surface area (Å²) in [5.74, 6) is -1.30. The Bertz CT molecular complexity index is 976. The van der Waals surface area contributed by atoms with Gasteiger partial charge in [0.05, 0.1) is 16.3 Å². The summed E-state index contributed by atoms with van der Waals surface area (Å²) >= 11 is 0. The highest BCUT2D eigenvalue weighted by Crippen LogP contribution is 2.31. The third-order valence-electron chi connectivity index (χ3n) is 3.11. The first-order valence-corrected chi connectivity index (χ1v) is 7.36. The third-order valence-corrected chi connectivity index (χ3v) is 3.11. The van der Waals surface area contributed by atoms with E-state index in [9.17, 15) is 19.3 Å². The number of halogens is 1. The Hall–Kier alpha value is -4.14. The van der Waals surface area contributed by atoms with Gasteiger partial charge in [-0.05, 0) is 25.1 Å². The molecule has 0 atom stereocenters. The SMILES string of the molecule is CC(=O)C=C(C)Nc1cc(F)c([N+](=O)[O-])cc1NC=C(C#N)c1nn[nH]n1. The number of nitro groups is 1. The Morgan fingerprint density at radius 3 is 2.70 bits per heavy atom. The quantitative estimate of drug-likeness (QED) is 0.286. The number of nitro benzene ring substituents is 1.